The van der Waals surface area contributed by atoms with Gasteiger partial charge >= 0.3 is 0 Å². The summed E-state index contributed by atoms with van der Waals surface area (Å²) in [7, 11) is 4.05. The van der Waals surface area contributed by atoms with Crippen molar-refractivity contribution in [3.63, 3.8) is 0 Å². The van der Waals surface area contributed by atoms with Gasteiger partial charge in [0.05, 0.1) is 22.1 Å². The molecule has 0 aliphatic heterocycles. The van der Waals surface area contributed by atoms with Crippen molar-refractivity contribution < 1.29 is 4.74 Å². The fourth-order valence-electron chi connectivity index (χ4n) is 4.17. The van der Waals surface area contributed by atoms with Crippen LogP contribution in [0.5, 0.6) is 5.75 Å². The van der Waals surface area contributed by atoms with Gasteiger partial charge in [-0.3, -0.25) is 15.1 Å². The van der Waals surface area contributed by atoms with Crippen molar-refractivity contribution in [1.29, 1.82) is 0 Å². The summed E-state index contributed by atoms with van der Waals surface area (Å²) in [6.07, 6.45) is 5.41. The molecule has 0 radical (unpaired) electrons. The van der Waals surface area contributed by atoms with Crippen LogP contribution in [0.4, 0.5) is 0 Å². The zero-order valence-corrected chi connectivity index (χ0v) is 21.1. The SMILES string of the molecule is Cc1ccc(-c2nccc3[nH]c(-c4n[nH]c5ccc(-c6cncc(OCCN(C)C)c6)cc45)nc23)s1. The quantitative estimate of drug-likeness (QED) is 0.302. The number of aromatic nitrogens is 6. The molecule has 0 spiro atoms. The van der Waals surface area contributed by atoms with Crippen LogP contribution in [0.25, 0.3) is 55.2 Å². The van der Waals surface area contributed by atoms with Crippen LogP contribution >= 0.6 is 11.3 Å². The van der Waals surface area contributed by atoms with Crippen molar-refractivity contribution >= 4 is 33.3 Å². The Kier molecular flexibility index (Phi) is 5.71. The van der Waals surface area contributed by atoms with E-state index < -0.39 is 0 Å². The Morgan fingerprint density at radius 1 is 0.972 bits per heavy atom. The highest BCUT2D eigenvalue weighted by atomic mass is 32.1. The zero-order valence-electron chi connectivity index (χ0n) is 20.2. The van der Waals surface area contributed by atoms with Crippen LogP contribution in [0.1, 0.15) is 4.88 Å². The van der Waals surface area contributed by atoms with E-state index in [0.717, 1.165) is 61.6 Å². The Morgan fingerprint density at radius 2 is 1.89 bits per heavy atom. The van der Waals surface area contributed by atoms with E-state index in [4.69, 9.17) is 9.72 Å². The first-order valence-corrected chi connectivity index (χ1v) is 12.5. The van der Waals surface area contributed by atoms with Gasteiger partial charge in [0, 0.05) is 34.8 Å². The number of pyridine rings is 2. The second-order valence-electron chi connectivity index (χ2n) is 8.95. The molecular weight excluding hydrogens is 470 g/mol. The lowest BCUT2D eigenvalue weighted by atomic mass is 10.0. The molecule has 2 N–H and O–H groups in total. The van der Waals surface area contributed by atoms with Crippen LogP contribution in [0.3, 0.4) is 0 Å². The number of fused-ring (bicyclic) bond motifs is 2. The minimum atomic E-state index is 0.608. The summed E-state index contributed by atoms with van der Waals surface area (Å²) in [4.78, 5) is 21.8. The lowest BCUT2D eigenvalue weighted by Crippen LogP contribution is -2.19. The van der Waals surface area contributed by atoms with Crippen LogP contribution in [0.2, 0.25) is 0 Å². The molecule has 8 nitrogen and oxygen atoms in total. The fourth-order valence-corrected chi connectivity index (χ4v) is 5.03. The van der Waals surface area contributed by atoms with Crippen molar-refractivity contribution in [3.05, 3.63) is 65.9 Å². The van der Waals surface area contributed by atoms with Crippen molar-refractivity contribution in [2.75, 3.05) is 27.2 Å². The molecule has 6 rings (SSSR count). The summed E-state index contributed by atoms with van der Waals surface area (Å²) in [5.74, 6) is 1.46. The van der Waals surface area contributed by atoms with Gasteiger partial charge in [0.2, 0.25) is 0 Å². The van der Waals surface area contributed by atoms with E-state index in [0.29, 0.717) is 12.4 Å². The highest BCUT2D eigenvalue weighted by Crippen LogP contribution is 2.34. The number of likely N-dealkylation sites (N-methyl/N-ethyl adjacent to an activating group) is 1. The van der Waals surface area contributed by atoms with Gasteiger partial charge in [-0.25, -0.2) is 4.98 Å². The average molecular weight is 496 g/mol. The molecule has 5 heterocycles. The zero-order chi connectivity index (χ0) is 24.6. The van der Waals surface area contributed by atoms with E-state index in [9.17, 15) is 0 Å². The molecule has 0 saturated carbocycles. The molecular formula is C27H25N7OS. The topological polar surface area (TPSA) is 95.6 Å². The number of imidazole rings is 1. The van der Waals surface area contributed by atoms with Gasteiger partial charge in [-0.1, -0.05) is 6.07 Å². The minimum absolute atomic E-state index is 0.608. The third-order valence-electron chi connectivity index (χ3n) is 6.02. The van der Waals surface area contributed by atoms with E-state index in [1.807, 2.05) is 44.7 Å². The maximum Gasteiger partial charge on any atom is 0.159 e. The number of hydrogen-bond acceptors (Lipinski definition) is 7. The van der Waals surface area contributed by atoms with Crippen LogP contribution < -0.4 is 4.74 Å². The molecule has 180 valence electrons. The predicted octanol–water partition coefficient (Wildman–Crippen LogP) is 5.54. The molecule has 9 heteroatoms. The summed E-state index contributed by atoms with van der Waals surface area (Å²) in [5.41, 5.74) is 6.37. The minimum Gasteiger partial charge on any atom is -0.491 e. The number of aryl methyl sites for hydroxylation is 1. The van der Waals surface area contributed by atoms with Crippen LogP contribution in [-0.4, -0.2) is 62.3 Å². The number of hydrogen-bond donors (Lipinski definition) is 2. The Labute approximate surface area is 212 Å². The fraction of sp³-hybridized carbons (Fsp3) is 0.185. The standard InChI is InChI=1S/C27H25N7OS/c1-16-4-7-23(36-16)26-25-22(8-9-29-26)30-27(31-25)24-20-13-17(5-6-21(20)32-33-24)18-12-19(15-28-14-18)35-11-10-34(2)3/h4-9,12-15H,10-11H2,1-3H3,(H,30,31)(H,32,33). The molecule has 5 aromatic heterocycles. The number of thiophene rings is 1. The summed E-state index contributed by atoms with van der Waals surface area (Å²) in [6, 6.07) is 14.4. The highest BCUT2D eigenvalue weighted by molar-refractivity contribution is 7.15. The van der Waals surface area contributed by atoms with Gasteiger partial charge in [0.15, 0.2) is 5.82 Å². The molecule has 0 aliphatic rings. The maximum atomic E-state index is 5.88. The number of nitrogens with one attached hydrogen (secondary N) is 2. The second kappa shape index (κ2) is 9.18. The second-order valence-corrected chi connectivity index (χ2v) is 10.2. The normalized spacial score (nSPS) is 11.7. The van der Waals surface area contributed by atoms with Crippen molar-refractivity contribution in [2.45, 2.75) is 6.92 Å². The lowest BCUT2D eigenvalue weighted by molar-refractivity contribution is 0.261. The summed E-state index contributed by atoms with van der Waals surface area (Å²) < 4.78 is 5.88. The third kappa shape index (κ3) is 4.23. The van der Waals surface area contributed by atoms with Gasteiger partial charge in [-0.15, -0.1) is 11.3 Å². The molecule has 0 saturated heterocycles. The van der Waals surface area contributed by atoms with Gasteiger partial charge in [0.25, 0.3) is 0 Å². The van der Waals surface area contributed by atoms with Gasteiger partial charge in [-0.05, 0) is 63.0 Å². The van der Waals surface area contributed by atoms with E-state index in [-0.39, 0.29) is 0 Å². The Balaban J connectivity index is 1.37. The number of benzene rings is 1. The molecule has 0 aliphatic carbocycles. The number of nitrogens with zero attached hydrogens (tertiary/aromatic N) is 5. The molecule has 0 amide bonds. The van der Waals surface area contributed by atoms with E-state index in [1.54, 1.807) is 17.5 Å². The number of aromatic amines is 2. The Morgan fingerprint density at radius 3 is 2.72 bits per heavy atom. The molecule has 6 aromatic rings. The predicted molar refractivity (Wildman–Crippen MR) is 144 cm³/mol. The lowest BCUT2D eigenvalue weighted by Gasteiger charge is -2.11. The van der Waals surface area contributed by atoms with Gasteiger partial charge in [-0.2, -0.15) is 5.10 Å². The van der Waals surface area contributed by atoms with Crippen molar-refractivity contribution in [3.8, 4) is 39.0 Å². The monoisotopic (exact) mass is 495 g/mol. The summed E-state index contributed by atoms with van der Waals surface area (Å²) >= 11 is 1.72. The van der Waals surface area contributed by atoms with E-state index in [1.165, 1.54) is 4.88 Å². The van der Waals surface area contributed by atoms with Gasteiger partial charge < -0.3 is 14.6 Å². The molecule has 0 fully saturated rings. The van der Waals surface area contributed by atoms with Gasteiger partial charge in [0.1, 0.15) is 29.3 Å². The van der Waals surface area contributed by atoms with E-state index >= 15 is 0 Å². The number of ether oxygens (including phenoxy) is 1. The maximum absolute atomic E-state index is 5.88. The molecule has 36 heavy (non-hydrogen) atoms. The van der Waals surface area contributed by atoms with Crippen LogP contribution in [0.15, 0.2) is 61.1 Å². The molecule has 1 aromatic carbocycles. The van der Waals surface area contributed by atoms with Crippen molar-refractivity contribution in [2.24, 2.45) is 0 Å². The smallest absolute Gasteiger partial charge is 0.159 e. The Bertz CT molecular complexity index is 1680. The van der Waals surface area contributed by atoms with Crippen LogP contribution in [0, 0.1) is 6.92 Å². The highest BCUT2D eigenvalue weighted by Gasteiger charge is 2.17. The first-order chi connectivity index (χ1) is 17.5. The van der Waals surface area contributed by atoms with E-state index in [2.05, 4.69) is 61.2 Å². The van der Waals surface area contributed by atoms with Crippen molar-refractivity contribution in [1.82, 2.24) is 35.0 Å². The number of H-pyrrole nitrogens is 2. The first-order valence-electron chi connectivity index (χ1n) is 11.7. The first kappa shape index (κ1) is 22.4. The largest absolute Gasteiger partial charge is 0.491 e. The third-order valence-corrected chi connectivity index (χ3v) is 7.02. The summed E-state index contributed by atoms with van der Waals surface area (Å²) in [6.45, 7) is 3.55. The molecule has 0 unspecified atom stereocenters. The molecule has 0 atom stereocenters. The Hall–Kier alpha value is -4.08. The number of rotatable bonds is 7. The summed E-state index contributed by atoms with van der Waals surface area (Å²) in [5, 5.41) is 8.71. The molecule has 0 bridgehead atoms. The van der Waals surface area contributed by atoms with Crippen LogP contribution in [-0.2, 0) is 0 Å². The average Bonchev–Trinajstić information content (AvgIpc) is 3.61.